The first-order valence-electron chi connectivity index (χ1n) is 11.2. The topological polar surface area (TPSA) is 126 Å². The molecule has 0 spiro atoms. The van der Waals surface area contributed by atoms with E-state index in [2.05, 4.69) is 10.4 Å². The summed E-state index contributed by atoms with van der Waals surface area (Å²) in [6, 6.07) is 17.5. The summed E-state index contributed by atoms with van der Waals surface area (Å²) in [4.78, 5) is 36.2. The van der Waals surface area contributed by atoms with Crippen molar-refractivity contribution < 1.29 is 24.0 Å². The molecule has 188 valence electrons. The van der Waals surface area contributed by atoms with Gasteiger partial charge < -0.3 is 14.8 Å². The zero-order chi connectivity index (χ0) is 26.2. The lowest BCUT2D eigenvalue weighted by Gasteiger charge is -2.08. The fraction of sp³-hybridized carbons (Fsp3) is 0.115. The third-order valence-corrected chi connectivity index (χ3v) is 5.89. The quantitative estimate of drug-likeness (QED) is 0.134. The number of esters is 1. The van der Waals surface area contributed by atoms with Crippen molar-refractivity contribution >= 4 is 40.7 Å². The number of nitro benzene ring substituents is 1. The molecule has 2 aromatic carbocycles. The van der Waals surface area contributed by atoms with E-state index in [1.54, 1.807) is 23.9 Å². The molecule has 2 aromatic heterocycles. The number of hydrogen-bond acceptors (Lipinski definition) is 8. The Morgan fingerprint density at radius 3 is 2.68 bits per heavy atom. The molecule has 10 nitrogen and oxygen atoms in total. The van der Waals surface area contributed by atoms with Crippen molar-refractivity contribution in [3.63, 3.8) is 0 Å². The Hall–Kier alpha value is -4.77. The number of anilines is 1. The highest BCUT2D eigenvalue weighted by Crippen LogP contribution is 2.30. The summed E-state index contributed by atoms with van der Waals surface area (Å²) in [5.74, 6) is -1.16. The minimum absolute atomic E-state index is 0.0287. The predicted molar refractivity (Wildman–Crippen MR) is 140 cm³/mol. The van der Waals surface area contributed by atoms with Crippen LogP contribution in [0.25, 0.3) is 22.3 Å². The Kier molecular flexibility index (Phi) is 8.06. The zero-order valence-electron chi connectivity index (χ0n) is 19.7. The van der Waals surface area contributed by atoms with Gasteiger partial charge in [-0.3, -0.25) is 14.9 Å². The number of thiophene rings is 1. The molecule has 0 radical (unpaired) electrons. The van der Waals surface area contributed by atoms with Gasteiger partial charge in [-0.1, -0.05) is 24.3 Å². The van der Waals surface area contributed by atoms with Crippen molar-refractivity contribution in [1.82, 2.24) is 9.78 Å². The maximum atomic E-state index is 12.3. The van der Waals surface area contributed by atoms with Crippen LogP contribution in [0.5, 0.6) is 5.75 Å². The molecule has 0 fully saturated rings. The van der Waals surface area contributed by atoms with Crippen LogP contribution >= 0.6 is 11.3 Å². The molecule has 0 bridgehead atoms. The Labute approximate surface area is 215 Å². The van der Waals surface area contributed by atoms with Gasteiger partial charge in [0.2, 0.25) is 0 Å². The van der Waals surface area contributed by atoms with Gasteiger partial charge in [0.25, 0.3) is 11.6 Å². The maximum Gasteiger partial charge on any atom is 0.331 e. The third-order valence-electron chi connectivity index (χ3n) is 5.01. The van der Waals surface area contributed by atoms with Crippen molar-refractivity contribution in [1.29, 1.82) is 0 Å². The van der Waals surface area contributed by atoms with E-state index in [9.17, 15) is 19.7 Å². The van der Waals surface area contributed by atoms with E-state index in [0.29, 0.717) is 23.6 Å². The van der Waals surface area contributed by atoms with E-state index in [0.717, 1.165) is 10.6 Å². The number of para-hydroxylation sites is 1. The molecule has 0 saturated heterocycles. The van der Waals surface area contributed by atoms with Gasteiger partial charge in [0.15, 0.2) is 6.61 Å². The molecule has 0 aliphatic carbocycles. The zero-order valence-corrected chi connectivity index (χ0v) is 20.5. The summed E-state index contributed by atoms with van der Waals surface area (Å²) in [5, 5.41) is 20.3. The SMILES string of the molecule is CCOc1ccc(NC(=O)COC(=O)C=Cc2cn(-c3ccccc3)nc2-c2cccs2)c([N+](=O)[O-])c1. The monoisotopic (exact) mass is 518 g/mol. The Bertz CT molecular complexity index is 1430. The van der Waals surface area contributed by atoms with Gasteiger partial charge in [-0.25, -0.2) is 9.48 Å². The first-order chi connectivity index (χ1) is 17.9. The number of hydrogen-bond donors (Lipinski definition) is 1. The van der Waals surface area contributed by atoms with Gasteiger partial charge in [0.1, 0.15) is 17.1 Å². The molecule has 0 saturated carbocycles. The summed E-state index contributed by atoms with van der Waals surface area (Å²) in [7, 11) is 0. The first kappa shape index (κ1) is 25.3. The molecule has 2 heterocycles. The second-order valence-electron chi connectivity index (χ2n) is 7.55. The summed E-state index contributed by atoms with van der Waals surface area (Å²) < 4.78 is 12.0. The van der Waals surface area contributed by atoms with Crippen LogP contribution in [0.2, 0.25) is 0 Å². The average Bonchev–Trinajstić information content (AvgIpc) is 3.58. The molecule has 1 N–H and O–H groups in total. The maximum absolute atomic E-state index is 12.3. The molecule has 37 heavy (non-hydrogen) atoms. The highest BCUT2D eigenvalue weighted by atomic mass is 32.1. The van der Waals surface area contributed by atoms with Gasteiger partial charge in [-0.05, 0) is 48.7 Å². The van der Waals surface area contributed by atoms with Crippen molar-refractivity contribution in [2.75, 3.05) is 18.5 Å². The Morgan fingerprint density at radius 2 is 1.97 bits per heavy atom. The number of nitrogens with zero attached hydrogens (tertiary/aromatic N) is 3. The van der Waals surface area contributed by atoms with Crippen LogP contribution < -0.4 is 10.1 Å². The molecule has 0 aliphatic heterocycles. The van der Waals surface area contributed by atoms with E-state index in [1.165, 1.54) is 35.6 Å². The van der Waals surface area contributed by atoms with E-state index < -0.39 is 23.4 Å². The van der Waals surface area contributed by atoms with E-state index >= 15 is 0 Å². The highest BCUT2D eigenvalue weighted by molar-refractivity contribution is 7.13. The second-order valence-corrected chi connectivity index (χ2v) is 8.50. The molecule has 4 aromatic rings. The molecular weight excluding hydrogens is 496 g/mol. The number of carbonyl (C=O) groups excluding carboxylic acids is 2. The number of benzene rings is 2. The highest BCUT2D eigenvalue weighted by Gasteiger charge is 2.18. The van der Waals surface area contributed by atoms with Gasteiger partial charge in [0, 0.05) is 17.8 Å². The van der Waals surface area contributed by atoms with Gasteiger partial charge in [-0.2, -0.15) is 5.10 Å². The summed E-state index contributed by atoms with van der Waals surface area (Å²) in [6.45, 7) is 1.48. The number of amides is 1. The summed E-state index contributed by atoms with van der Waals surface area (Å²) in [6.07, 6.45) is 4.57. The van der Waals surface area contributed by atoms with Crippen LogP contribution in [0.4, 0.5) is 11.4 Å². The smallest absolute Gasteiger partial charge is 0.331 e. The summed E-state index contributed by atoms with van der Waals surface area (Å²) in [5.41, 5.74) is 1.89. The van der Waals surface area contributed by atoms with Crippen LogP contribution in [0, 0.1) is 10.1 Å². The fourth-order valence-electron chi connectivity index (χ4n) is 3.38. The van der Waals surface area contributed by atoms with Crippen LogP contribution in [0.3, 0.4) is 0 Å². The van der Waals surface area contributed by atoms with Crippen molar-refractivity contribution in [3.05, 3.63) is 94.0 Å². The van der Waals surface area contributed by atoms with Crippen molar-refractivity contribution in [2.45, 2.75) is 6.92 Å². The number of nitro groups is 1. The minimum atomic E-state index is -0.749. The molecular formula is C26H22N4O6S. The van der Waals surface area contributed by atoms with Gasteiger partial charge in [0.05, 0.1) is 28.2 Å². The lowest BCUT2D eigenvalue weighted by Crippen LogP contribution is -2.20. The van der Waals surface area contributed by atoms with Gasteiger partial charge >= 0.3 is 5.97 Å². The van der Waals surface area contributed by atoms with E-state index in [4.69, 9.17) is 9.47 Å². The first-order valence-corrected chi connectivity index (χ1v) is 12.1. The second kappa shape index (κ2) is 11.8. The molecule has 0 atom stereocenters. The van der Waals surface area contributed by atoms with Crippen molar-refractivity contribution in [2.24, 2.45) is 0 Å². The molecule has 4 rings (SSSR count). The fourth-order valence-corrected chi connectivity index (χ4v) is 4.11. The van der Waals surface area contributed by atoms with Crippen molar-refractivity contribution in [3.8, 4) is 22.0 Å². The molecule has 11 heteroatoms. The summed E-state index contributed by atoms with van der Waals surface area (Å²) >= 11 is 1.52. The number of ether oxygens (including phenoxy) is 2. The predicted octanol–water partition coefficient (Wildman–Crippen LogP) is 5.10. The minimum Gasteiger partial charge on any atom is -0.494 e. The van der Waals surface area contributed by atoms with Crippen LogP contribution in [0.1, 0.15) is 12.5 Å². The van der Waals surface area contributed by atoms with Crippen LogP contribution in [0.15, 0.2) is 78.3 Å². The van der Waals surface area contributed by atoms with Gasteiger partial charge in [-0.15, -0.1) is 11.3 Å². The number of nitrogens with one attached hydrogen (secondary N) is 1. The molecule has 0 aliphatic rings. The lowest BCUT2D eigenvalue weighted by atomic mass is 10.2. The standard InChI is InChI=1S/C26H22N4O6S/c1-2-35-20-11-12-21(22(15-20)30(33)34)27-24(31)17-36-25(32)13-10-18-16-29(19-7-4-3-5-8-19)28-26(18)23-9-6-14-37-23/h3-16H,2,17H2,1H3,(H,27,31). The van der Waals surface area contributed by atoms with E-state index in [1.807, 2.05) is 47.8 Å². The lowest BCUT2D eigenvalue weighted by molar-refractivity contribution is -0.384. The average molecular weight is 519 g/mol. The van der Waals surface area contributed by atoms with E-state index in [-0.39, 0.29) is 11.4 Å². The largest absolute Gasteiger partial charge is 0.494 e. The number of aromatic nitrogens is 2. The van der Waals surface area contributed by atoms with Crippen LogP contribution in [-0.2, 0) is 14.3 Å². The number of carbonyl (C=O) groups is 2. The Morgan fingerprint density at radius 1 is 1.16 bits per heavy atom. The normalized spacial score (nSPS) is 10.8. The molecule has 0 unspecified atom stereocenters. The molecule has 1 amide bonds. The number of rotatable bonds is 10. The van der Waals surface area contributed by atoms with Crippen LogP contribution in [-0.4, -0.2) is 39.8 Å². The third kappa shape index (κ3) is 6.47. The Balaban J connectivity index is 1.42.